The number of benzene rings is 1. The first-order chi connectivity index (χ1) is 13.0. The van der Waals surface area contributed by atoms with Crippen molar-refractivity contribution in [1.82, 2.24) is 0 Å². The summed E-state index contributed by atoms with van der Waals surface area (Å²) in [4.78, 5) is 0. The van der Waals surface area contributed by atoms with Gasteiger partial charge in [0, 0.05) is 5.56 Å². The molecule has 0 aliphatic heterocycles. The van der Waals surface area contributed by atoms with Crippen LogP contribution in [0, 0.1) is 41.2 Å². The maximum atomic E-state index is 14.2. The maximum absolute atomic E-state index is 14.2. The van der Waals surface area contributed by atoms with Gasteiger partial charge in [-0.2, -0.15) is 0 Å². The van der Waals surface area contributed by atoms with Crippen LogP contribution < -0.4 is 0 Å². The lowest BCUT2D eigenvalue weighted by Crippen LogP contribution is -2.34. The molecule has 0 spiro atoms. The molecule has 0 radical (unpaired) electrons. The molecule has 0 amide bonds. The quantitative estimate of drug-likeness (QED) is 0.509. The molecule has 2 heteroatoms. The Labute approximate surface area is 164 Å². The lowest BCUT2D eigenvalue weighted by Gasteiger charge is -2.45. The summed E-state index contributed by atoms with van der Waals surface area (Å²) in [6.45, 7) is 4.23. The Kier molecular flexibility index (Phi) is 5.90. The van der Waals surface area contributed by atoms with E-state index in [1.807, 2.05) is 6.92 Å². The molecule has 3 aliphatic rings. The largest absolute Gasteiger partial charge is 0.207 e. The van der Waals surface area contributed by atoms with Gasteiger partial charge in [0.1, 0.15) is 11.6 Å². The van der Waals surface area contributed by atoms with E-state index < -0.39 is 0 Å². The molecule has 1 aromatic rings. The van der Waals surface area contributed by atoms with Crippen LogP contribution in [-0.2, 0) is 6.42 Å². The summed E-state index contributed by atoms with van der Waals surface area (Å²) in [5.41, 5.74) is 1.15. The van der Waals surface area contributed by atoms with E-state index in [9.17, 15) is 8.78 Å². The van der Waals surface area contributed by atoms with Crippen LogP contribution in [0.25, 0.3) is 0 Å². The smallest absolute Gasteiger partial charge is 0.129 e. The van der Waals surface area contributed by atoms with Crippen molar-refractivity contribution in [2.45, 2.75) is 90.4 Å². The van der Waals surface area contributed by atoms with Gasteiger partial charge in [0.25, 0.3) is 0 Å². The van der Waals surface area contributed by atoms with Crippen molar-refractivity contribution >= 4 is 0 Å². The van der Waals surface area contributed by atoms with Crippen LogP contribution in [0.4, 0.5) is 8.78 Å². The Morgan fingerprint density at radius 3 is 1.89 bits per heavy atom. The zero-order valence-corrected chi connectivity index (χ0v) is 17.2. The lowest BCUT2D eigenvalue weighted by atomic mass is 9.60. The van der Waals surface area contributed by atoms with E-state index in [1.165, 1.54) is 51.4 Å². The van der Waals surface area contributed by atoms with Crippen LogP contribution in [0.3, 0.4) is 0 Å². The van der Waals surface area contributed by atoms with Crippen molar-refractivity contribution in [3.05, 3.63) is 34.9 Å². The van der Waals surface area contributed by atoms with E-state index in [1.54, 1.807) is 12.1 Å². The minimum absolute atomic E-state index is 0.245. The first-order valence-corrected chi connectivity index (χ1v) is 11.5. The number of fused-ring (bicyclic) bond motifs is 1. The summed E-state index contributed by atoms with van der Waals surface area (Å²) in [5.74, 6) is 4.18. The minimum Gasteiger partial charge on any atom is -0.207 e. The van der Waals surface area contributed by atoms with Gasteiger partial charge in [-0.3, -0.25) is 0 Å². The van der Waals surface area contributed by atoms with Crippen molar-refractivity contribution in [3.8, 4) is 0 Å². The van der Waals surface area contributed by atoms with E-state index in [0.717, 1.165) is 48.0 Å². The highest BCUT2D eigenvalue weighted by atomic mass is 19.1. The number of halogens is 2. The van der Waals surface area contributed by atoms with E-state index in [0.29, 0.717) is 12.3 Å². The van der Waals surface area contributed by atoms with Gasteiger partial charge in [0.2, 0.25) is 0 Å². The first kappa shape index (κ1) is 19.4. The molecule has 0 nitrogen and oxygen atoms in total. The average Bonchev–Trinajstić information content (AvgIpc) is 2.67. The molecule has 3 aliphatic carbocycles. The van der Waals surface area contributed by atoms with Crippen molar-refractivity contribution in [3.63, 3.8) is 0 Å². The zero-order chi connectivity index (χ0) is 19.0. The molecule has 3 saturated carbocycles. The average molecular weight is 375 g/mol. The fourth-order valence-corrected chi connectivity index (χ4v) is 6.61. The summed E-state index contributed by atoms with van der Waals surface area (Å²) in [6.07, 6.45) is 13.9. The number of rotatable bonds is 3. The topological polar surface area (TPSA) is 0 Å². The fourth-order valence-electron chi connectivity index (χ4n) is 6.61. The van der Waals surface area contributed by atoms with E-state index in [4.69, 9.17) is 0 Å². The van der Waals surface area contributed by atoms with Crippen LogP contribution in [0.15, 0.2) is 12.1 Å². The summed E-state index contributed by atoms with van der Waals surface area (Å²) >= 11 is 0. The molecule has 1 aromatic carbocycles. The molecule has 0 N–H and O–H groups in total. The van der Waals surface area contributed by atoms with Crippen LogP contribution in [-0.4, -0.2) is 0 Å². The molecule has 4 rings (SSSR count). The SMILES string of the molecule is CCc1c(F)cc(C2CCC3CC(C4CCC(C)CC4)CCC3C2)cc1F. The van der Waals surface area contributed by atoms with Gasteiger partial charge in [-0.1, -0.05) is 26.7 Å². The van der Waals surface area contributed by atoms with E-state index in [-0.39, 0.29) is 17.2 Å². The first-order valence-electron chi connectivity index (χ1n) is 11.5. The standard InChI is InChI=1S/C25H36F2/c1-3-23-24(26)14-22(15-25(23)27)21-11-10-19-12-18(8-9-20(19)13-21)17-6-4-16(2)5-7-17/h14-21H,3-13H2,1-2H3. The molecular weight excluding hydrogens is 338 g/mol. The summed E-state index contributed by atoms with van der Waals surface area (Å²) in [7, 11) is 0. The van der Waals surface area contributed by atoms with Gasteiger partial charge in [-0.25, -0.2) is 8.78 Å². The Morgan fingerprint density at radius 2 is 1.26 bits per heavy atom. The predicted molar refractivity (Wildman–Crippen MR) is 108 cm³/mol. The highest BCUT2D eigenvalue weighted by Gasteiger charge is 2.39. The fraction of sp³-hybridized carbons (Fsp3) is 0.760. The molecule has 0 saturated heterocycles. The molecule has 0 heterocycles. The second-order valence-electron chi connectivity index (χ2n) is 9.94. The van der Waals surface area contributed by atoms with Gasteiger partial charge in [-0.15, -0.1) is 0 Å². The molecule has 4 unspecified atom stereocenters. The van der Waals surface area contributed by atoms with Crippen LogP contribution in [0.1, 0.15) is 95.1 Å². The third kappa shape index (κ3) is 4.10. The van der Waals surface area contributed by atoms with Crippen molar-refractivity contribution in [2.75, 3.05) is 0 Å². The second kappa shape index (κ2) is 8.21. The van der Waals surface area contributed by atoms with Crippen LogP contribution in [0.5, 0.6) is 0 Å². The molecule has 3 fully saturated rings. The third-order valence-corrected chi connectivity index (χ3v) is 8.37. The number of hydrogen-bond donors (Lipinski definition) is 0. The van der Waals surface area contributed by atoms with E-state index in [2.05, 4.69) is 6.92 Å². The molecule has 4 atom stereocenters. The summed E-state index contributed by atoms with van der Waals surface area (Å²) < 4.78 is 28.5. The van der Waals surface area contributed by atoms with Gasteiger partial charge >= 0.3 is 0 Å². The molecule has 150 valence electrons. The number of hydrogen-bond acceptors (Lipinski definition) is 0. The van der Waals surface area contributed by atoms with Gasteiger partial charge < -0.3 is 0 Å². The van der Waals surface area contributed by atoms with Gasteiger partial charge in [-0.05, 0) is 111 Å². The summed E-state index contributed by atoms with van der Waals surface area (Å²) in [5, 5.41) is 0. The van der Waals surface area contributed by atoms with Gasteiger partial charge in [0.15, 0.2) is 0 Å². The monoisotopic (exact) mass is 374 g/mol. The molecule has 27 heavy (non-hydrogen) atoms. The maximum Gasteiger partial charge on any atom is 0.129 e. The van der Waals surface area contributed by atoms with E-state index >= 15 is 0 Å². The second-order valence-corrected chi connectivity index (χ2v) is 9.94. The molecule has 0 aromatic heterocycles. The predicted octanol–water partition coefficient (Wildman–Crippen LogP) is 7.65. The van der Waals surface area contributed by atoms with Crippen molar-refractivity contribution in [2.24, 2.45) is 29.6 Å². The summed E-state index contributed by atoms with van der Waals surface area (Å²) in [6, 6.07) is 3.25. The van der Waals surface area contributed by atoms with Crippen molar-refractivity contribution < 1.29 is 8.78 Å². The third-order valence-electron chi connectivity index (χ3n) is 8.37. The lowest BCUT2D eigenvalue weighted by molar-refractivity contribution is 0.0731. The Balaban J connectivity index is 1.38. The normalized spacial score (nSPS) is 37.0. The minimum atomic E-state index is -0.343. The Hall–Kier alpha value is -0.920. The molecule has 0 bridgehead atoms. The Bertz CT molecular complexity index is 621. The Morgan fingerprint density at radius 1 is 0.741 bits per heavy atom. The van der Waals surface area contributed by atoms with Crippen molar-refractivity contribution in [1.29, 1.82) is 0 Å². The van der Waals surface area contributed by atoms with Crippen LogP contribution in [0.2, 0.25) is 0 Å². The zero-order valence-electron chi connectivity index (χ0n) is 17.2. The van der Waals surface area contributed by atoms with Gasteiger partial charge in [0.05, 0.1) is 0 Å². The highest BCUT2D eigenvalue weighted by molar-refractivity contribution is 5.29. The molecular formula is C25H36F2. The van der Waals surface area contributed by atoms with Crippen LogP contribution >= 0.6 is 0 Å². The highest BCUT2D eigenvalue weighted by Crippen LogP contribution is 2.51.